The molecule has 5 rings (SSSR count). The van der Waals surface area contributed by atoms with Gasteiger partial charge in [0.1, 0.15) is 0 Å². The van der Waals surface area contributed by atoms with Crippen molar-refractivity contribution in [2.45, 2.75) is 6.92 Å². The van der Waals surface area contributed by atoms with Gasteiger partial charge in [0, 0.05) is 16.5 Å². The van der Waals surface area contributed by atoms with Crippen LogP contribution in [-0.2, 0) is 0 Å². The van der Waals surface area contributed by atoms with E-state index >= 15 is 0 Å². The third-order valence-electron chi connectivity index (χ3n) is 5.40. The van der Waals surface area contributed by atoms with Gasteiger partial charge in [-0.15, -0.1) is 0 Å². The summed E-state index contributed by atoms with van der Waals surface area (Å²) in [7, 11) is 0. The molecular weight excluding hydrogens is 350 g/mol. The number of benzene rings is 4. The van der Waals surface area contributed by atoms with Gasteiger partial charge in [0.25, 0.3) is 0 Å². The Balaban J connectivity index is 1.76. The second-order valence-electron chi connectivity index (χ2n) is 7.34. The van der Waals surface area contributed by atoms with Gasteiger partial charge in [0.05, 0.1) is 11.2 Å². The number of para-hydroxylation sites is 1. The van der Waals surface area contributed by atoms with Crippen molar-refractivity contribution in [1.82, 2.24) is 4.98 Å². The van der Waals surface area contributed by atoms with Gasteiger partial charge in [-0.25, -0.2) is 4.98 Å². The van der Waals surface area contributed by atoms with Crippen LogP contribution in [0.5, 0.6) is 0 Å². The Labute approximate surface area is 171 Å². The number of hydrogen-bond donors (Lipinski definition) is 0. The van der Waals surface area contributed by atoms with Crippen molar-refractivity contribution in [3.63, 3.8) is 0 Å². The average Bonchev–Trinajstić information content (AvgIpc) is 2.79. The minimum Gasteiger partial charge on any atom is -0.247 e. The Morgan fingerprint density at radius 3 is 2.07 bits per heavy atom. The fourth-order valence-electron chi connectivity index (χ4n) is 3.89. The first-order valence-electron chi connectivity index (χ1n) is 9.91. The summed E-state index contributed by atoms with van der Waals surface area (Å²) in [5.41, 5.74) is 9.25. The summed E-state index contributed by atoms with van der Waals surface area (Å²) in [5, 5.41) is 1.16. The molecule has 0 atom stereocenters. The smallest absolute Gasteiger partial charge is 0.0788 e. The Morgan fingerprint density at radius 1 is 0.517 bits per heavy atom. The summed E-state index contributed by atoms with van der Waals surface area (Å²) in [6.07, 6.45) is 0. The van der Waals surface area contributed by atoms with Gasteiger partial charge in [0.15, 0.2) is 0 Å². The highest BCUT2D eigenvalue weighted by atomic mass is 14.7. The molecule has 0 saturated heterocycles. The van der Waals surface area contributed by atoms with Crippen LogP contribution in [-0.4, -0.2) is 4.98 Å². The van der Waals surface area contributed by atoms with E-state index in [-0.39, 0.29) is 0 Å². The van der Waals surface area contributed by atoms with Crippen LogP contribution in [0.15, 0.2) is 109 Å². The molecule has 4 aromatic carbocycles. The van der Waals surface area contributed by atoms with Crippen molar-refractivity contribution < 1.29 is 0 Å². The monoisotopic (exact) mass is 371 g/mol. The lowest BCUT2D eigenvalue weighted by atomic mass is 9.93. The van der Waals surface area contributed by atoms with E-state index in [2.05, 4.69) is 110 Å². The molecule has 0 unspecified atom stereocenters. The fourth-order valence-corrected chi connectivity index (χ4v) is 3.89. The van der Waals surface area contributed by atoms with E-state index in [1.54, 1.807) is 0 Å². The van der Waals surface area contributed by atoms with Crippen LogP contribution in [0.2, 0.25) is 0 Å². The van der Waals surface area contributed by atoms with Crippen LogP contribution in [0.1, 0.15) is 5.56 Å². The zero-order chi connectivity index (χ0) is 19.6. The van der Waals surface area contributed by atoms with E-state index in [9.17, 15) is 0 Å². The highest BCUT2D eigenvalue weighted by Gasteiger charge is 2.13. The lowest BCUT2D eigenvalue weighted by Gasteiger charge is -2.14. The first-order valence-corrected chi connectivity index (χ1v) is 9.91. The molecule has 0 spiro atoms. The van der Waals surface area contributed by atoms with E-state index in [0.29, 0.717) is 0 Å². The standard InChI is InChI=1S/C28H21N/c1-20-10-5-7-16-25(20)26-19-23-13-6-8-17-27(23)29-28(26)24-15-9-14-22(18-24)21-11-3-2-4-12-21/h2-19H,1H3. The zero-order valence-electron chi connectivity index (χ0n) is 16.3. The van der Waals surface area contributed by atoms with Crippen molar-refractivity contribution in [1.29, 1.82) is 0 Å². The number of pyridine rings is 1. The summed E-state index contributed by atoms with van der Waals surface area (Å²) in [4.78, 5) is 5.10. The van der Waals surface area contributed by atoms with Crippen molar-refractivity contribution in [3.05, 3.63) is 115 Å². The normalized spacial score (nSPS) is 10.9. The molecule has 0 radical (unpaired) electrons. The molecule has 0 N–H and O–H groups in total. The van der Waals surface area contributed by atoms with Crippen LogP contribution in [0, 0.1) is 6.92 Å². The molecule has 0 bridgehead atoms. The summed E-state index contributed by atoms with van der Waals surface area (Å²) in [6, 6.07) is 38.3. The van der Waals surface area contributed by atoms with Crippen LogP contribution in [0.3, 0.4) is 0 Å². The minimum atomic E-state index is 1.02. The summed E-state index contributed by atoms with van der Waals surface area (Å²) < 4.78 is 0. The Hall–Kier alpha value is -3.71. The quantitative estimate of drug-likeness (QED) is 0.319. The Kier molecular flexibility index (Phi) is 4.42. The molecule has 1 aromatic heterocycles. The van der Waals surface area contributed by atoms with E-state index in [1.165, 1.54) is 27.8 Å². The number of hydrogen-bond acceptors (Lipinski definition) is 1. The lowest BCUT2D eigenvalue weighted by molar-refractivity contribution is 1.38. The largest absolute Gasteiger partial charge is 0.247 e. The molecule has 0 aliphatic heterocycles. The van der Waals surface area contributed by atoms with Crippen LogP contribution >= 0.6 is 0 Å². The van der Waals surface area contributed by atoms with E-state index in [1.807, 2.05) is 6.07 Å². The molecule has 1 heterocycles. The molecule has 5 aromatic rings. The maximum Gasteiger partial charge on any atom is 0.0788 e. The highest BCUT2D eigenvalue weighted by Crippen LogP contribution is 2.36. The predicted octanol–water partition coefficient (Wildman–Crippen LogP) is 7.54. The maximum absolute atomic E-state index is 5.10. The van der Waals surface area contributed by atoms with Gasteiger partial charge < -0.3 is 0 Å². The van der Waals surface area contributed by atoms with Crippen LogP contribution in [0.25, 0.3) is 44.4 Å². The van der Waals surface area contributed by atoms with Crippen molar-refractivity contribution in [2.24, 2.45) is 0 Å². The van der Waals surface area contributed by atoms with E-state index in [4.69, 9.17) is 4.98 Å². The van der Waals surface area contributed by atoms with E-state index < -0.39 is 0 Å². The number of aromatic nitrogens is 1. The molecule has 0 aliphatic carbocycles. The van der Waals surface area contributed by atoms with Gasteiger partial charge in [0.2, 0.25) is 0 Å². The van der Waals surface area contributed by atoms with Crippen LogP contribution < -0.4 is 0 Å². The topological polar surface area (TPSA) is 12.9 Å². The second kappa shape index (κ2) is 7.37. The fraction of sp³-hybridized carbons (Fsp3) is 0.0357. The minimum absolute atomic E-state index is 1.02. The van der Waals surface area contributed by atoms with Crippen molar-refractivity contribution >= 4 is 10.9 Å². The maximum atomic E-state index is 5.10. The van der Waals surface area contributed by atoms with Gasteiger partial charge in [-0.2, -0.15) is 0 Å². The molecule has 0 aliphatic rings. The first kappa shape index (κ1) is 17.4. The first-order chi connectivity index (χ1) is 14.3. The molecular formula is C28H21N. The molecule has 1 heteroatoms. The Morgan fingerprint density at radius 2 is 1.21 bits per heavy atom. The van der Waals surface area contributed by atoms with E-state index in [0.717, 1.165) is 22.2 Å². The van der Waals surface area contributed by atoms with Crippen LogP contribution in [0.4, 0.5) is 0 Å². The van der Waals surface area contributed by atoms with Crippen molar-refractivity contribution in [2.75, 3.05) is 0 Å². The predicted molar refractivity (Wildman–Crippen MR) is 123 cm³/mol. The third-order valence-corrected chi connectivity index (χ3v) is 5.40. The van der Waals surface area contributed by atoms with Crippen molar-refractivity contribution in [3.8, 4) is 33.5 Å². The molecule has 0 amide bonds. The number of fused-ring (bicyclic) bond motifs is 1. The molecule has 0 fully saturated rings. The summed E-state index contributed by atoms with van der Waals surface area (Å²) in [5.74, 6) is 0. The zero-order valence-corrected chi connectivity index (χ0v) is 16.3. The highest BCUT2D eigenvalue weighted by molar-refractivity contribution is 5.92. The summed E-state index contributed by atoms with van der Waals surface area (Å²) in [6.45, 7) is 2.16. The lowest BCUT2D eigenvalue weighted by Crippen LogP contribution is -1.93. The SMILES string of the molecule is Cc1ccccc1-c1cc2ccccc2nc1-c1cccc(-c2ccccc2)c1. The average molecular weight is 371 g/mol. The number of aryl methyl sites for hydroxylation is 1. The second-order valence-corrected chi connectivity index (χ2v) is 7.34. The molecule has 0 saturated carbocycles. The number of nitrogens with zero attached hydrogens (tertiary/aromatic N) is 1. The van der Waals surface area contributed by atoms with Gasteiger partial charge in [-0.3, -0.25) is 0 Å². The summed E-state index contributed by atoms with van der Waals surface area (Å²) >= 11 is 0. The van der Waals surface area contributed by atoms with Gasteiger partial charge in [-0.1, -0.05) is 91.0 Å². The molecule has 1 nitrogen and oxygen atoms in total. The Bertz CT molecular complexity index is 1300. The molecule has 29 heavy (non-hydrogen) atoms. The van der Waals surface area contributed by atoms with Gasteiger partial charge >= 0.3 is 0 Å². The number of rotatable bonds is 3. The van der Waals surface area contributed by atoms with Gasteiger partial charge in [-0.05, 0) is 47.4 Å². The third kappa shape index (κ3) is 3.32. The molecule has 138 valence electrons.